The fourth-order valence-corrected chi connectivity index (χ4v) is 4.34. The molecule has 0 aliphatic rings. The van der Waals surface area contributed by atoms with Gasteiger partial charge in [-0.25, -0.2) is 9.97 Å². The van der Waals surface area contributed by atoms with E-state index in [0.717, 1.165) is 27.3 Å². The molecule has 0 aliphatic carbocycles. The Kier molecular flexibility index (Phi) is 5.30. The summed E-state index contributed by atoms with van der Waals surface area (Å²) in [7, 11) is 1.83. The van der Waals surface area contributed by atoms with Gasteiger partial charge < -0.3 is 9.09 Å². The molecule has 0 atom stereocenters. The third-order valence-electron chi connectivity index (χ3n) is 4.25. The van der Waals surface area contributed by atoms with E-state index in [0.29, 0.717) is 16.9 Å². The Morgan fingerprint density at radius 3 is 2.66 bits per heavy atom. The Bertz CT molecular complexity index is 1160. The zero-order valence-corrected chi connectivity index (χ0v) is 17.0. The summed E-state index contributed by atoms with van der Waals surface area (Å²) in [6, 6.07) is 7.32. The molecule has 0 radical (unpaired) electrons. The maximum absolute atomic E-state index is 12.7. The Hall–Kier alpha value is -2.46. The van der Waals surface area contributed by atoms with Crippen LogP contribution in [0.4, 0.5) is 13.2 Å². The lowest BCUT2D eigenvalue weighted by Gasteiger charge is -2.10. The van der Waals surface area contributed by atoms with Crippen molar-refractivity contribution < 1.29 is 17.7 Å². The van der Waals surface area contributed by atoms with Crippen molar-refractivity contribution in [3.63, 3.8) is 0 Å². The van der Waals surface area contributed by atoms with Crippen molar-refractivity contribution in [1.82, 2.24) is 19.7 Å². The van der Waals surface area contributed by atoms with Crippen LogP contribution in [0.5, 0.6) is 0 Å². The van der Waals surface area contributed by atoms with Gasteiger partial charge in [-0.05, 0) is 29.5 Å². The topological polar surface area (TPSA) is 56.7 Å². The van der Waals surface area contributed by atoms with E-state index >= 15 is 0 Å². The van der Waals surface area contributed by atoms with Gasteiger partial charge in [0.05, 0.1) is 23.4 Å². The van der Waals surface area contributed by atoms with Gasteiger partial charge in [-0.15, -0.1) is 11.8 Å². The molecule has 3 aromatic heterocycles. The molecule has 29 heavy (non-hydrogen) atoms. The maximum Gasteiger partial charge on any atom is 0.447 e. The molecule has 0 saturated carbocycles. The van der Waals surface area contributed by atoms with Gasteiger partial charge in [0, 0.05) is 34.8 Å². The van der Waals surface area contributed by atoms with Crippen LogP contribution < -0.4 is 0 Å². The van der Waals surface area contributed by atoms with Crippen LogP contribution in [0.25, 0.3) is 33.5 Å². The quantitative estimate of drug-likeness (QED) is 0.357. The molecule has 0 saturated heterocycles. The van der Waals surface area contributed by atoms with Crippen LogP contribution in [0.15, 0.2) is 57.4 Å². The summed E-state index contributed by atoms with van der Waals surface area (Å²) in [5.74, 6) is 1.53. The lowest BCUT2D eigenvalue weighted by Crippen LogP contribution is -2.00. The molecule has 0 aliphatic heterocycles. The number of aromatic nitrogens is 4. The standard InChI is InChI=1S/C19H15F3N4OS2/c1-3-28-16-6-11(12-8-24-27-10-12)4-5-13(16)18-25-14-7-17(29-19(20,21)22)23-9-15(14)26(18)2/h4-10H,3H2,1-2H3. The summed E-state index contributed by atoms with van der Waals surface area (Å²) < 4.78 is 44.8. The number of hydrogen-bond donors (Lipinski definition) is 0. The minimum Gasteiger partial charge on any atom is -0.364 e. The Labute approximate surface area is 172 Å². The Morgan fingerprint density at radius 1 is 1.14 bits per heavy atom. The zero-order chi connectivity index (χ0) is 20.6. The Morgan fingerprint density at radius 2 is 1.97 bits per heavy atom. The van der Waals surface area contributed by atoms with E-state index in [1.54, 1.807) is 24.2 Å². The third kappa shape index (κ3) is 4.13. The van der Waals surface area contributed by atoms with Crippen LogP contribution in [0, 0.1) is 0 Å². The van der Waals surface area contributed by atoms with Crippen molar-refractivity contribution in [2.24, 2.45) is 7.05 Å². The second-order valence-corrected chi connectivity index (χ2v) is 8.50. The first kappa shape index (κ1) is 19.8. The molecule has 0 fully saturated rings. The molecular weight excluding hydrogens is 421 g/mol. The number of halogens is 3. The van der Waals surface area contributed by atoms with Crippen LogP contribution >= 0.6 is 23.5 Å². The second kappa shape index (κ2) is 7.75. The molecule has 0 N–H and O–H groups in total. The minimum absolute atomic E-state index is 0.124. The largest absolute Gasteiger partial charge is 0.447 e. The first-order chi connectivity index (χ1) is 13.9. The summed E-state index contributed by atoms with van der Waals surface area (Å²) in [5.41, 5.74) is -0.503. The fourth-order valence-electron chi connectivity index (χ4n) is 2.99. The summed E-state index contributed by atoms with van der Waals surface area (Å²) in [4.78, 5) is 9.55. The SMILES string of the molecule is CCSc1cc(-c2cnoc2)ccc1-c1nc2cc(SC(F)(F)F)ncc2n1C. The summed E-state index contributed by atoms with van der Waals surface area (Å²) in [5, 5.41) is 3.62. The zero-order valence-electron chi connectivity index (χ0n) is 15.4. The first-order valence-electron chi connectivity index (χ1n) is 8.61. The minimum atomic E-state index is -4.39. The van der Waals surface area contributed by atoms with Gasteiger partial charge in [-0.1, -0.05) is 18.1 Å². The number of aryl methyl sites for hydroxylation is 1. The highest BCUT2D eigenvalue weighted by Crippen LogP contribution is 2.38. The predicted octanol–water partition coefficient (Wildman–Crippen LogP) is 6.01. The van der Waals surface area contributed by atoms with Crippen LogP contribution in [0.2, 0.25) is 0 Å². The van der Waals surface area contributed by atoms with Crippen LogP contribution in [0.3, 0.4) is 0 Å². The monoisotopic (exact) mass is 436 g/mol. The molecule has 10 heteroatoms. The second-order valence-electron chi connectivity index (χ2n) is 6.11. The molecular formula is C19H15F3N4OS2. The number of benzene rings is 1. The molecule has 4 rings (SSSR count). The van der Waals surface area contributed by atoms with Gasteiger partial charge in [0.15, 0.2) is 0 Å². The number of hydrogen-bond acceptors (Lipinski definition) is 6. The molecule has 150 valence electrons. The molecule has 3 heterocycles. The van der Waals surface area contributed by atoms with Crippen molar-refractivity contribution in [1.29, 1.82) is 0 Å². The number of alkyl halides is 3. The van der Waals surface area contributed by atoms with Gasteiger partial charge in [0.2, 0.25) is 0 Å². The van der Waals surface area contributed by atoms with Crippen LogP contribution in [-0.4, -0.2) is 31.0 Å². The Balaban J connectivity index is 1.80. The van der Waals surface area contributed by atoms with Crippen molar-refractivity contribution in [3.05, 3.63) is 42.9 Å². The third-order valence-corrected chi connectivity index (χ3v) is 5.85. The molecule has 1 aromatic carbocycles. The van der Waals surface area contributed by atoms with E-state index in [1.807, 2.05) is 29.8 Å². The average Bonchev–Trinajstić information content (AvgIpc) is 3.29. The van der Waals surface area contributed by atoms with Gasteiger partial charge in [0.1, 0.15) is 17.1 Å². The van der Waals surface area contributed by atoms with Crippen molar-refractivity contribution in [2.75, 3.05) is 5.75 Å². The molecule has 4 aromatic rings. The lowest BCUT2D eigenvalue weighted by atomic mass is 10.1. The number of fused-ring (bicyclic) bond motifs is 1. The maximum atomic E-state index is 12.7. The summed E-state index contributed by atoms with van der Waals surface area (Å²) in [6.07, 6.45) is 4.66. The number of pyridine rings is 1. The smallest absolute Gasteiger partial charge is 0.364 e. The molecule has 0 amide bonds. The van der Waals surface area contributed by atoms with E-state index in [4.69, 9.17) is 4.52 Å². The van der Waals surface area contributed by atoms with Crippen molar-refractivity contribution in [3.8, 4) is 22.5 Å². The highest BCUT2D eigenvalue weighted by atomic mass is 32.2. The molecule has 5 nitrogen and oxygen atoms in total. The highest BCUT2D eigenvalue weighted by molar-refractivity contribution is 8.00. The van der Waals surface area contributed by atoms with E-state index in [9.17, 15) is 13.2 Å². The molecule has 0 bridgehead atoms. The number of nitrogens with zero attached hydrogens (tertiary/aromatic N) is 4. The van der Waals surface area contributed by atoms with Crippen molar-refractivity contribution in [2.45, 2.75) is 22.4 Å². The highest BCUT2D eigenvalue weighted by Gasteiger charge is 2.30. The van der Waals surface area contributed by atoms with Gasteiger partial charge in [0.25, 0.3) is 0 Å². The van der Waals surface area contributed by atoms with E-state index in [1.165, 1.54) is 12.3 Å². The number of imidazole rings is 1. The fraction of sp³-hybridized carbons (Fsp3) is 0.211. The average molecular weight is 436 g/mol. The lowest BCUT2D eigenvalue weighted by molar-refractivity contribution is -0.0329. The van der Waals surface area contributed by atoms with E-state index in [2.05, 4.69) is 22.0 Å². The van der Waals surface area contributed by atoms with E-state index in [-0.39, 0.29) is 16.8 Å². The van der Waals surface area contributed by atoms with Crippen molar-refractivity contribution >= 4 is 34.6 Å². The van der Waals surface area contributed by atoms with Gasteiger partial charge in [-0.2, -0.15) is 13.2 Å². The van der Waals surface area contributed by atoms with Crippen LogP contribution in [-0.2, 0) is 7.05 Å². The van der Waals surface area contributed by atoms with Crippen LogP contribution in [0.1, 0.15) is 6.92 Å². The van der Waals surface area contributed by atoms with Gasteiger partial charge in [-0.3, -0.25) is 0 Å². The molecule has 0 spiro atoms. The summed E-state index contributed by atoms with van der Waals surface area (Å²) in [6.45, 7) is 2.06. The van der Waals surface area contributed by atoms with Gasteiger partial charge >= 0.3 is 5.51 Å². The van der Waals surface area contributed by atoms with E-state index < -0.39 is 5.51 Å². The summed E-state index contributed by atoms with van der Waals surface area (Å²) >= 11 is 1.42. The normalized spacial score (nSPS) is 12.0. The predicted molar refractivity (Wildman–Crippen MR) is 108 cm³/mol. The number of thioether (sulfide) groups is 2. The number of rotatable bonds is 5. The molecule has 0 unspecified atom stereocenters. The first-order valence-corrected chi connectivity index (χ1v) is 10.4.